The molecule has 0 saturated heterocycles. The average molecular weight is 215 g/mol. The van der Waals surface area contributed by atoms with Gasteiger partial charge < -0.3 is 0 Å². The molecule has 0 atom stereocenters. The zero-order valence-electron chi connectivity index (χ0n) is 6.35. The highest BCUT2D eigenvalue weighted by atomic mass is 35.5. The van der Waals surface area contributed by atoms with Gasteiger partial charge in [-0.05, 0) is 0 Å². The first-order chi connectivity index (χ1) is 6.27. The summed E-state index contributed by atoms with van der Waals surface area (Å²) in [6, 6.07) is 1.71. The molecule has 13 heavy (non-hydrogen) atoms. The molecule has 66 valence electrons. The lowest BCUT2D eigenvalue weighted by Gasteiger charge is -1.96. The summed E-state index contributed by atoms with van der Waals surface area (Å²) in [5.41, 5.74) is 0. The van der Waals surface area contributed by atoms with Crippen molar-refractivity contribution in [2.24, 2.45) is 0 Å². The van der Waals surface area contributed by atoms with Crippen LogP contribution in [-0.2, 0) is 0 Å². The lowest BCUT2D eigenvalue weighted by molar-refractivity contribution is 0.840. The van der Waals surface area contributed by atoms with Gasteiger partial charge in [-0.15, -0.1) is 0 Å². The van der Waals surface area contributed by atoms with E-state index < -0.39 is 0 Å². The second-order valence-corrected chi connectivity index (χ2v) is 3.05. The van der Waals surface area contributed by atoms with E-state index >= 15 is 0 Å². The number of aromatic nitrogens is 4. The van der Waals surface area contributed by atoms with E-state index in [-0.39, 0.29) is 5.15 Å². The largest absolute Gasteiger partial charge is 0.245 e. The molecule has 0 radical (unpaired) electrons. The molecule has 6 heteroatoms. The molecule has 0 amide bonds. The first kappa shape index (κ1) is 8.47. The van der Waals surface area contributed by atoms with Gasteiger partial charge in [-0.3, -0.25) is 0 Å². The number of rotatable bonds is 1. The molecule has 0 bridgehead atoms. The van der Waals surface area contributed by atoms with Crippen LogP contribution in [0.25, 0.3) is 5.82 Å². The molecular weight excluding hydrogens is 211 g/mol. The predicted octanol–water partition coefficient (Wildman–Crippen LogP) is 1.97. The standard InChI is InChI=1S/C7H4Cl2N4/c8-5-3-13(12-7(5)9)6-1-2-10-4-11-6/h1-4H. The fraction of sp³-hybridized carbons (Fsp3) is 0. The predicted molar refractivity (Wildman–Crippen MR) is 49.2 cm³/mol. The number of hydrogen-bond acceptors (Lipinski definition) is 3. The Balaban J connectivity index is 2.48. The van der Waals surface area contributed by atoms with E-state index in [0.717, 1.165) is 0 Å². The molecule has 4 nitrogen and oxygen atoms in total. The van der Waals surface area contributed by atoms with E-state index in [1.165, 1.54) is 11.0 Å². The zero-order valence-corrected chi connectivity index (χ0v) is 7.87. The average Bonchev–Trinajstić information content (AvgIpc) is 2.49. The minimum atomic E-state index is 0.264. The summed E-state index contributed by atoms with van der Waals surface area (Å²) in [4.78, 5) is 7.76. The summed E-state index contributed by atoms with van der Waals surface area (Å²) in [5, 5.41) is 4.61. The fourth-order valence-corrected chi connectivity index (χ4v) is 1.13. The van der Waals surface area contributed by atoms with Gasteiger partial charge in [0.25, 0.3) is 0 Å². The van der Waals surface area contributed by atoms with Crippen LogP contribution in [0.2, 0.25) is 10.2 Å². The Morgan fingerprint density at radius 1 is 1.31 bits per heavy atom. The second kappa shape index (κ2) is 3.32. The van der Waals surface area contributed by atoms with Gasteiger partial charge in [0.05, 0.1) is 11.2 Å². The van der Waals surface area contributed by atoms with E-state index in [1.54, 1.807) is 18.5 Å². The summed E-state index contributed by atoms with van der Waals surface area (Å²) in [6.07, 6.45) is 4.64. The summed E-state index contributed by atoms with van der Waals surface area (Å²) in [5.74, 6) is 0.629. The highest BCUT2D eigenvalue weighted by Crippen LogP contribution is 2.20. The van der Waals surface area contributed by atoms with Crippen molar-refractivity contribution in [3.63, 3.8) is 0 Å². The third kappa shape index (κ3) is 1.64. The molecule has 2 rings (SSSR count). The third-order valence-electron chi connectivity index (χ3n) is 1.43. The molecule has 2 aromatic heterocycles. The van der Waals surface area contributed by atoms with E-state index in [2.05, 4.69) is 15.1 Å². The van der Waals surface area contributed by atoms with Crippen LogP contribution >= 0.6 is 23.2 Å². The van der Waals surface area contributed by atoms with Crippen LogP contribution in [0.15, 0.2) is 24.8 Å². The van der Waals surface area contributed by atoms with E-state index in [9.17, 15) is 0 Å². The Labute approximate surface area is 84.1 Å². The molecule has 2 aromatic rings. The molecule has 0 aliphatic heterocycles. The molecule has 0 fully saturated rings. The van der Waals surface area contributed by atoms with Crippen molar-refractivity contribution in [3.8, 4) is 5.82 Å². The Hall–Kier alpha value is -1.13. The van der Waals surface area contributed by atoms with Crippen molar-refractivity contribution < 1.29 is 0 Å². The fourth-order valence-electron chi connectivity index (χ4n) is 0.868. The van der Waals surface area contributed by atoms with Crippen molar-refractivity contribution in [2.45, 2.75) is 0 Å². The molecule has 2 heterocycles. The van der Waals surface area contributed by atoms with Crippen LogP contribution in [0.3, 0.4) is 0 Å². The molecule has 0 saturated carbocycles. The Bertz CT molecular complexity index is 392. The Kier molecular flexibility index (Phi) is 2.16. The lowest BCUT2D eigenvalue weighted by Crippen LogP contribution is -1.97. The third-order valence-corrected chi connectivity index (χ3v) is 2.08. The van der Waals surface area contributed by atoms with Gasteiger partial charge in [0, 0.05) is 12.3 Å². The molecule has 0 aliphatic rings. The summed E-state index contributed by atoms with van der Waals surface area (Å²) in [7, 11) is 0. The van der Waals surface area contributed by atoms with E-state index in [0.29, 0.717) is 10.8 Å². The number of halogens is 2. The maximum absolute atomic E-state index is 5.72. The van der Waals surface area contributed by atoms with Gasteiger partial charge in [0.2, 0.25) is 0 Å². The highest BCUT2D eigenvalue weighted by molar-refractivity contribution is 6.41. The van der Waals surface area contributed by atoms with Crippen molar-refractivity contribution in [3.05, 3.63) is 35.0 Å². The van der Waals surface area contributed by atoms with Gasteiger partial charge in [-0.1, -0.05) is 23.2 Å². The number of hydrogen-bond donors (Lipinski definition) is 0. The van der Waals surface area contributed by atoms with Crippen LogP contribution in [0.5, 0.6) is 0 Å². The second-order valence-electron chi connectivity index (χ2n) is 2.28. The van der Waals surface area contributed by atoms with Crippen LogP contribution in [-0.4, -0.2) is 19.7 Å². The molecule has 0 unspecified atom stereocenters. The van der Waals surface area contributed by atoms with E-state index in [1.807, 2.05) is 0 Å². The number of nitrogens with zero attached hydrogens (tertiary/aromatic N) is 4. The van der Waals surface area contributed by atoms with Gasteiger partial charge in [-0.2, -0.15) is 5.10 Å². The quantitative estimate of drug-likeness (QED) is 0.730. The van der Waals surface area contributed by atoms with Crippen LogP contribution < -0.4 is 0 Å². The smallest absolute Gasteiger partial charge is 0.170 e. The van der Waals surface area contributed by atoms with Gasteiger partial charge in [0.15, 0.2) is 11.0 Å². The Morgan fingerprint density at radius 2 is 2.15 bits per heavy atom. The highest BCUT2D eigenvalue weighted by Gasteiger charge is 2.05. The topological polar surface area (TPSA) is 43.6 Å². The summed E-state index contributed by atoms with van der Waals surface area (Å²) in [6.45, 7) is 0. The summed E-state index contributed by atoms with van der Waals surface area (Å²) >= 11 is 11.4. The molecule has 0 aromatic carbocycles. The first-order valence-electron chi connectivity index (χ1n) is 3.44. The first-order valence-corrected chi connectivity index (χ1v) is 4.20. The van der Waals surface area contributed by atoms with Gasteiger partial charge >= 0.3 is 0 Å². The Morgan fingerprint density at radius 3 is 2.69 bits per heavy atom. The van der Waals surface area contributed by atoms with Crippen molar-refractivity contribution in [2.75, 3.05) is 0 Å². The van der Waals surface area contributed by atoms with Crippen LogP contribution in [0.4, 0.5) is 0 Å². The monoisotopic (exact) mass is 214 g/mol. The lowest BCUT2D eigenvalue weighted by atomic mass is 10.6. The van der Waals surface area contributed by atoms with Crippen molar-refractivity contribution >= 4 is 23.2 Å². The minimum Gasteiger partial charge on any atom is -0.245 e. The molecular formula is C7H4Cl2N4. The van der Waals surface area contributed by atoms with Gasteiger partial charge in [-0.25, -0.2) is 14.6 Å². The van der Waals surface area contributed by atoms with Crippen molar-refractivity contribution in [1.82, 2.24) is 19.7 Å². The SMILES string of the molecule is Clc1cn(-c2ccncn2)nc1Cl. The van der Waals surface area contributed by atoms with Crippen molar-refractivity contribution in [1.29, 1.82) is 0 Å². The molecule has 0 N–H and O–H groups in total. The maximum atomic E-state index is 5.72. The zero-order chi connectivity index (χ0) is 9.26. The van der Waals surface area contributed by atoms with Crippen LogP contribution in [0, 0.1) is 0 Å². The molecule has 0 spiro atoms. The van der Waals surface area contributed by atoms with Crippen LogP contribution in [0.1, 0.15) is 0 Å². The van der Waals surface area contributed by atoms with E-state index in [4.69, 9.17) is 23.2 Å². The minimum absolute atomic E-state index is 0.264. The molecule has 0 aliphatic carbocycles. The van der Waals surface area contributed by atoms with Gasteiger partial charge in [0.1, 0.15) is 6.33 Å². The maximum Gasteiger partial charge on any atom is 0.170 e. The normalized spacial score (nSPS) is 10.3. The summed E-state index contributed by atoms with van der Waals surface area (Å²) < 4.78 is 1.49.